The summed E-state index contributed by atoms with van der Waals surface area (Å²) in [6.07, 6.45) is 0. The molecule has 23 heavy (non-hydrogen) atoms. The van der Waals surface area contributed by atoms with E-state index in [1.165, 1.54) is 0 Å². The van der Waals surface area contributed by atoms with Gasteiger partial charge >= 0.3 is 0 Å². The van der Waals surface area contributed by atoms with Gasteiger partial charge in [0.2, 0.25) is 0 Å². The van der Waals surface area contributed by atoms with Gasteiger partial charge in [0.05, 0.1) is 0 Å². The van der Waals surface area contributed by atoms with E-state index < -0.39 is 0 Å². The zero-order valence-corrected chi connectivity index (χ0v) is 12.5. The highest BCUT2D eigenvalue weighted by atomic mass is 16.1. The zero-order valence-electron chi connectivity index (χ0n) is 12.5. The van der Waals surface area contributed by atoms with Crippen LogP contribution in [0.2, 0.25) is 0 Å². The number of nitrogens with one attached hydrogen (secondary N) is 2. The van der Waals surface area contributed by atoms with E-state index >= 15 is 0 Å². The number of nitrogens with two attached hydrogens (primary N) is 1. The predicted molar refractivity (Wildman–Crippen MR) is 95.0 cm³/mol. The zero-order chi connectivity index (χ0) is 16.1. The topological polar surface area (TPSA) is 67.2 Å². The molecule has 114 valence electrons. The predicted octanol–water partition coefficient (Wildman–Crippen LogP) is 4.26. The van der Waals surface area contributed by atoms with Gasteiger partial charge in [0.15, 0.2) is 0 Å². The maximum Gasteiger partial charge on any atom is 0.255 e. The summed E-state index contributed by atoms with van der Waals surface area (Å²) in [7, 11) is 0. The highest BCUT2D eigenvalue weighted by Gasteiger charge is 2.06. The van der Waals surface area contributed by atoms with Gasteiger partial charge in [0.1, 0.15) is 0 Å². The number of rotatable bonds is 4. The second-order valence-electron chi connectivity index (χ2n) is 5.15. The van der Waals surface area contributed by atoms with Gasteiger partial charge in [-0.3, -0.25) is 4.79 Å². The molecule has 1 amide bonds. The molecule has 0 atom stereocenters. The molecule has 0 heterocycles. The van der Waals surface area contributed by atoms with Crippen LogP contribution in [-0.2, 0) is 0 Å². The second-order valence-corrected chi connectivity index (χ2v) is 5.15. The van der Waals surface area contributed by atoms with Gasteiger partial charge in [-0.25, -0.2) is 0 Å². The summed E-state index contributed by atoms with van der Waals surface area (Å²) < 4.78 is 0. The van der Waals surface area contributed by atoms with Gasteiger partial charge in [-0.05, 0) is 54.6 Å². The highest BCUT2D eigenvalue weighted by Crippen LogP contribution is 2.19. The molecular formula is C19H17N3O. The van der Waals surface area contributed by atoms with Crippen LogP contribution in [0.3, 0.4) is 0 Å². The van der Waals surface area contributed by atoms with Gasteiger partial charge in [0.25, 0.3) is 5.91 Å². The Labute approximate surface area is 135 Å². The van der Waals surface area contributed by atoms with E-state index in [4.69, 9.17) is 5.73 Å². The van der Waals surface area contributed by atoms with E-state index in [-0.39, 0.29) is 5.91 Å². The third kappa shape index (κ3) is 3.89. The summed E-state index contributed by atoms with van der Waals surface area (Å²) in [5, 5.41) is 6.15. The van der Waals surface area contributed by atoms with Crippen LogP contribution >= 0.6 is 0 Å². The van der Waals surface area contributed by atoms with Crippen LogP contribution in [0.15, 0.2) is 78.9 Å². The number of hydrogen-bond donors (Lipinski definition) is 3. The molecular weight excluding hydrogens is 286 g/mol. The van der Waals surface area contributed by atoms with Crippen molar-refractivity contribution in [2.75, 3.05) is 16.4 Å². The summed E-state index contributed by atoms with van der Waals surface area (Å²) in [4.78, 5) is 12.2. The van der Waals surface area contributed by atoms with Crippen LogP contribution in [0, 0.1) is 0 Å². The molecule has 0 aromatic heterocycles. The molecule has 0 radical (unpaired) electrons. The van der Waals surface area contributed by atoms with Crippen molar-refractivity contribution in [3.8, 4) is 0 Å². The minimum atomic E-state index is -0.180. The largest absolute Gasteiger partial charge is 0.399 e. The quantitative estimate of drug-likeness (QED) is 0.631. The molecule has 0 saturated heterocycles. The number of anilines is 4. The van der Waals surface area contributed by atoms with Gasteiger partial charge in [-0.15, -0.1) is 0 Å². The summed E-state index contributed by atoms with van der Waals surface area (Å²) in [6, 6.07) is 24.4. The molecule has 0 spiro atoms. The second kappa shape index (κ2) is 6.66. The average Bonchev–Trinajstić information content (AvgIpc) is 2.57. The van der Waals surface area contributed by atoms with Gasteiger partial charge in [-0.1, -0.05) is 24.3 Å². The Bertz CT molecular complexity index is 798. The standard InChI is InChI=1S/C19H17N3O/c20-15-6-4-5-14(13-15)19(23)22-18-11-9-17(10-12-18)21-16-7-2-1-3-8-16/h1-13,21H,20H2,(H,22,23). The Morgan fingerprint density at radius 2 is 1.39 bits per heavy atom. The maximum atomic E-state index is 12.2. The van der Waals surface area contributed by atoms with Gasteiger partial charge in [0, 0.05) is 28.3 Å². The molecule has 4 heteroatoms. The van der Waals surface area contributed by atoms with Crippen molar-refractivity contribution in [3.05, 3.63) is 84.4 Å². The molecule has 3 aromatic carbocycles. The van der Waals surface area contributed by atoms with Crippen LogP contribution in [-0.4, -0.2) is 5.91 Å². The molecule has 0 unspecified atom stereocenters. The Morgan fingerprint density at radius 1 is 0.739 bits per heavy atom. The van der Waals surface area contributed by atoms with Crippen molar-refractivity contribution in [3.63, 3.8) is 0 Å². The first-order valence-electron chi connectivity index (χ1n) is 7.30. The first-order chi connectivity index (χ1) is 11.2. The number of nitrogen functional groups attached to an aromatic ring is 1. The Kier molecular flexibility index (Phi) is 4.25. The lowest BCUT2D eigenvalue weighted by atomic mass is 10.2. The number of amides is 1. The van der Waals surface area contributed by atoms with E-state index in [0.29, 0.717) is 11.3 Å². The number of hydrogen-bond acceptors (Lipinski definition) is 3. The Hall–Kier alpha value is -3.27. The minimum absolute atomic E-state index is 0.180. The normalized spacial score (nSPS) is 10.1. The number of benzene rings is 3. The fourth-order valence-corrected chi connectivity index (χ4v) is 2.21. The Morgan fingerprint density at radius 3 is 2.09 bits per heavy atom. The number of para-hydroxylation sites is 1. The lowest BCUT2D eigenvalue weighted by Gasteiger charge is -2.09. The van der Waals surface area contributed by atoms with Crippen LogP contribution in [0.1, 0.15) is 10.4 Å². The summed E-state index contributed by atoms with van der Waals surface area (Å²) in [6.45, 7) is 0. The van der Waals surface area contributed by atoms with Crippen molar-refractivity contribution in [1.29, 1.82) is 0 Å². The first-order valence-corrected chi connectivity index (χ1v) is 7.30. The first kappa shape index (κ1) is 14.7. The molecule has 0 aliphatic heterocycles. The molecule has 0 aliphatic carbocycles. The van der Waals surface area contributed by atoms with Crippen LogP contribution in [0.4, 0.5) is 22.7 Å². The van der Waals surface area contributed by atoms with Crippen molar-refractivity contribution >= 4 is 28.7 Å². The lowest BCUT2D eigenvalue weighted by Crippen LogP contribution is -2.12. The number of carbonyl (C=O) groups is 1. The average molecular weight is 303 g/mol. The highest BCUT2D eigenvalue weighted by molar-refractivity contribution is 6.04. The van der Waals surface area contributed by atoms with Gasteiger partial charge in [-0.2, -0.15) is 0 Å². The molecule has 0 fully saturated rings. The molecule has 0 bridgehead atoms. The van der Waals surface area contributed by atoms with Crippen LogP contribution in [0.5, 0.6) is 0 Å². The van der Waals surface area contributed by atoms with Crippen LogP contribution in [0.25, 0.3) is 0 Å². The lowest BCUT2D eigenvalue weighted by molar-refractivity contribution is 0.102. The minimum Gasteiger partial charge on any atom is -0.399 e. The fraction of sp³-hybridized carbons (Fsp3) is 0. The molecule has 4 N–H and O–H groups in total. The van der Waals surface area contributed by atoms with Crippen molar-refractivity contribution < 1.29 is 4.79 Å². The fourth-order valence-electron chi connectivity index (χ4n) is 2.21. The summed E-state index contributed by atoms with van der Waals surface area (Å²) in [5.74, 6) is -0.180. The van der Waals surface area contributed by atoms with Gasteiger partial charge < -0.3 is 16.4 Å². The van der Waals surface area contributed by atoms with Crippen LogP contribution < -0.4 is 16.4 Å². The van der Waals surface area contributed by atoms with Crippen molar-refractivity contribution in [2.24, 2.45) is 0 Å². The molecule has 3 rings (SSSR count). The molecule has 0 aliphatic rings. The SMILES string of the molecule is Nc1cccc(C(=O)Nc2ccc(Nc3ccccc3)cc2)c1. The molecule has 3 aromatic rings. The number of carbonyl (C=O) groups excluding carboxylic acids is 1. The Balaban J connectivity index is 1.67. The van der Waals surface area contributed by atoms with E-state index in [1.54, 1.807) is 24.3 Å². The maximum absolute atomic E-state index is 12.2. The molecule has 0 saturated carbocycles. The summed E-state index contributed by atoms with van der Waals surface area (Å²) in [5.41, 5.74) is 9.51. The monoisotopic (exact) mass is 303 g/mol. The third-order valence-electron chi connectivity index (χ3n) is 3.35. The van der Waals surface area contributed by atoms with E-state index in [0.717, 1.165) is 17.1 Å². The summed E-state index contributed by atoms with van der Waals surface area (Å²) >= 11 is 0. The van der Waals surface area contributed by atoms with E-state index in [2.05, 4.69) is 10.6 Å². The smallest absolute Gasteiger partial charge is 0.255 e. The van der Waals surface area contributed by atoms with Crippen molar-refractivity contribution in [2.45, 2.75) is 0 Å². The third-order valence-corrected chi connectivity index (χ3v) is 3.35. The van der Waals surface area contributed by atoms with E-state index in [9.17, 15) is 4.79 Å². The molecule has 4 nitrogen and oxygen atoms in total. The van der Waals surface area contributed by atoms with E-state index in [1.807, 2.05) is 54.6 Å². The van der Waals surface area contributed by atoms with Crippen molar-refractivity contribution in [1.82, 2.24) is 0 Å².